The number of nitrogens with zero attached hydrogens (tertiary/aromatic N) is 1. The molecule has 1 aliphatic carbocycles. The average Bonchev–Trinajstić information content (AvgIpc) is 2.69. The molecule has 4 nitrogen and oxygen atoms in total. The average molecular weight is 414 g/mol. The predicted molar refractivity (Wildman–Crippen MR) is 110 cm³/mol. The number of Topliss-reactive ketones (excluding diaryl/α,β-unsaturated/α-hetero) is 1. The van der Waals surface area contributed by atoms with Crippen LogP contribution in [0.4, 0.5) is 10.1 Å². The van der Waals surface area contributed by atoms with Gasteiger partial charge >= 0.3 is 0 Å². The van der Waals surface area contributed by atoms with E-state index >= 15 is 0 Å². The lowest BCUT2D eigenvalue weighted by molar-refractivity contribution is -0.119. The summed E-state index contributed by atoms with van der Waals surface area (Å²) in [5.41, 5.74) is 2.08. The third kappa shape index (κ3) is 3.55. The van der Waals surface area contributed by atoms with Gasteiger partial charge in [-0.15, -0.1) is 0 Å². The molecule has 4 rings (SSSR count). The molecule has 0 saturated carbocycles. The first kappa shape index (κ1) is 19.6. The van der Waals surface area contributed by atoms with Crippen molar-refractivity contribution in [1.82, 2.24) is 0 Å². The lowest BCUT2D eigenvalue weighted by atomic mass is 9.77. The van der Waals surface area contributed by atoms with E-state index in [1.165, 1.54) is 12.1 Å². The van der Waals surface area contributed by atoms with E-state index in [1.54, 1.807) is 23.1 Å². The standard InChI is InChI=1S/C23H21ClFNO3/c1-2-29-15-11-9-14(10-12-15)26-19-7-4-8-20(27)23(19)16(13-21(26)28)22-17(24)5-3-6-18(22)25/h3,5-6,9-12,16H,2,4,7-8,13H2,1H3. The van der Waals surface area contributed by atoms with Gasteiger partial charge in [0, 0.05) is 46.3 Å². The number of anilines is 1. The Morgan fingerprint density at radius 1 is 1.14 bits per heavy atom. The molecule has 0 aromatic heterocycles. The Labute approximate surface area is 173 Å². The SMILES string of the molecule is CCOc1ccc(N2C(=O)CC(c3c(F)cccc3Cl)C3=C2CCCC3=O)cc1. The normalized spacial score (nSPS) is 19.4. The maximum absolute atomic E-state index is 14.6. The van der Waals surface area contributed by atoms with E-state index in [9.17, 15) is 14.0 Å². The summed E-state index contributed by atoms with van der Waals surface area (Å²) in [6, 6.07) is 11.7. The van der Waals surface area contributed by atoms with Gasteiger partial charge in [0.1, 0.15) is 11.6 Å². The summed E-state index contributed by atoms with van der Waals surface area (Å²) in [7, 11) is 0. The number of halogens is 2. The first-order valence-corrected chi connectivity index (χ1v) is 10.1. The van der Waals surface area contributed by atoms with E-state index in [-0.39, 0.29) is 28.7 Å². The summed E-state index contributed by atoms with van der Waals surface area (Å²) in [4.78, 5) is 27.6. The van der Waals surface area contributed by atoms with Crippen molar-refractivity contribution in [1.29, 1.82) is 0 Å². The number of carbonyl (C=O) groups is 2. The summed E-state index contributed by atoms with van der Waals surface area (Å²) in [5.74, 6) is -0.649. The zero-order valence-corrected chi connectivity index (χ0v) is 16.8. The van der Waals surface area contributed by atoms with Crippen molar-refractivity contribution < 1.29 is 18.7 Å². The second-order valence-electron chi connectivity index (χ2n) is 7.19. The van der Waals surface area contributed by atoms with Crippen LogP contribution in [-0.4, -0.2) is 18.3 Å². The van der Waals surface area contributed by atoms with Gasteiger partial charge in [0.2, 0.25) is 5.91 Å². The highest BCUT2D eigenvalue weighted by atomic mass is 35.5. The van der Waals surface area contributed by atoms with Crippen LogP contribution in [0, 0.1) is 5.82 Å². The molecule has 0 radical (unpaired) electrons. The van der Waals surface area contributed by atoms with E-state index in [2.05, 4.69) is 0 Å². The van der Waals surface area contributed by atoms with Crippen LogP contribution in [0.3, 0.4) is 0 Å². The van der Waals surface area contributed by atoms with E-state index in [0.717, 1.165) is 0 Å². The molecule has 2 aromatic rings. The number of allylic oxidation sites excluding steroid dienone is 2. The minimum absolute atomic E-state index is 0.00155. The van der Waals surface area contributed by atoms with Crippen LogP contribution < -0.4 is 9.64 Å². The lowest BCUT2D eigenvalue weighted by Crippen LogP contribution is -2.40. The zero-order valence-electron chi connectivity index (χ0n) is 16.1. The van der Waals surface area contributed by atoms with Crippen LogP contribution in [0.2, 0.25) is 5.02 Å². The van der Waals surface area contributed by atoms with Crippen LogP contribution >= 0.6 is 11.6 Å². The molecule has 29 heavy (non-hydrogen) atoms. The number of ketones is 1. The highest BCUT2D eigenvalue weighted by Crippen LogP contribution is 2.45. The fourth-order valence-electron chi connectivity index (χ4n) is 4.24. The van der Waals surface area contributed by atoms with Gasteiger partial charge in [-0.1, -0.05) is 17.7 Å². The van der Waals surface area contributed by atoms with Gasteiger partial charge in [-0.05, 0) is 56.2 Å². The number of hydrogen-bond acceptors (Lipinski definition) is 3. The Hall–Kier alpha value is -2.66. The molecule has 1 atom stereocenters. The maximum atomic E-state index is 14.6. The van der Waals surface area contributed by atoms with Gasteiger partial charge in [0.25, 0.3) is 0 Å². The topological polar surface area (TPSA) is 46.6 Å². The number of amides is 1. The van der Waals surface area contributed by atoms with Crippen LogP contribution in [-0.2, 0) is 9.59 Å². The number of hydrogen-bond donors (Lipinski definition) is 0. The largest absolute Gasteiger partial charge is 0.494 e. The highest BCUT2D eigenvalue weighted by Gasteiger charge is 2.41. The molecule has 1 amide bonds. The first-order valence-electron chi connectivity index (χ1n) is 9.77. The minimum atomic E-state index is -0.655. The van der Waals surface area contributed by atoms with E-state index in [4.69, 9.17) is 16.3 Å². The Balaban J connectivity index is 1.83. The van der Waals surface area contributed by atoms with Gasteiger partial charge < -0.3 is 4.74 Å². The van der Waals surface area contributed by atoms with Crippen molar-refractivity contribution in [2.45, 2.75) is 38.5 Å². The molecular weight excluding hydrogens is 393 g/mol. The number of rotatable bonds is 4. The quantitative estimate of drug-likeness (QED) is 0.673. The van der Waals surface area contributed by atoms with Crippen molar-refractivity contribution in [3.05, 3.63) is 70.1 Å². The minimum Gasteiger partial charge on any atom is -0.494 e. The molecule has 1 heterocycles. The molecule has 1 aliphatic heterocycles. The van der Waals surface area contributed by atoms with Crippen molar-refractivity contribution in [2.24, 2.45) is 0 Å². The second-order valence-corrected chi connectivity index (χ2v) is 7.59. The van der Waals surface area contributed by atoms with Crippen molar-refractivity contribution in [2.75, 3.05) is 11.5 Å². The monoisotopic (exact) mass is 413 g/mol. The molecule has 0 bridgehead atoms. The number of benzene rings is 2. The van der Waals surface area contributed by atoms with E-state index in [1.807, 2.05) is 19.1 Å². The van der Waals surface area contributed by atoms with Crippen LogP contribution in [0.1, 0.15) is 44.1 Å². The number of carbonyl (C=O) groups excluding carboxylic acids is 2. The fraction of sp³-hybridized carbons (Fsp3) is 0.304. The van der Waals surface area contributed by atoms with Gasteiger partial charge in [-0.3, -0.25) is 14.5 Å². The molecule has 0 spiro atoms. The molecule has 2 aliphatic rings. The van der Waals surface area contributed by atoms with Gasteiger partial charge in [-0.25, -0.2) is 4.39 Å². The molecular formula is C23H21ClFNO3. The summed E-state index contributed by atoms with van der Waals surface area (Å²) in [6.45, 7) is 2.46. The Kier molecular flexibility index (Phi) is 5.41. The van der Waals surface area contributed by atoms with Crippen molar-refractivity contribution in [3.8, 4) is 5.75 Å². The zero-order chi connectivity index (χ0) is 20.5. The molecule has 0 N–H and O–H groups in total. The first-order chi connectivity index (χ1) is 14.0. The number of ether oxygens (including phenoxy) is 1. The summed E-state index contributed by atoms with van der Waals surface area (Å²) in [5, 5.41) is 0.238. The van der Waals surface area contributed by atoms with Crippen LogP contribution in [0.25, 0.3) is 0 Å². The Morgan fingerprint density at radius 3 is 2.59 bits per heavy atom. The van der Waals surface area contributed by atoms with E-state index in [0.29, 0.717) is 48.6 Å². The van der Waals surface area contributed by atoms with Gasteiger partial charge in [-0.2, -0.15) is 0 Å². The predicted octanol–water partition coefficient (Wildman–Crippen LogP) is 5.41. The van der Waals surface area contributed by atoms with Crippen LogP contribution in [0.5, 0.6) is 5.75 Å². The molecule has 150 valence electrons. The molecule has 6 heteroatoms. The fourth-order valence-corrected chi connectivity index (χ4v) is 4.54. The van der Waals surface area contributed by atoms with Gasteiger partial charge in [0.15, 0.2) is 5.78 Å². The third-order valence-electron chi connectivity index (χ3n) is 5.43. The van der Waals surface area contributed by atoms with E-state index < -0.39 is 11.7 Å². The maximum Gasteiger partial charge on any atom is 0.232 e. The van der Waals surface area contributed by atoms with Crippen molar-refractivity contribution >= 4 is 29.0 Å². The smallest absolute Gasteiger partial charge is 0.232 e. The van der Waals surface area contributed by atoms with Crippen molar-refractivity contribution in [3.63, 3.8) is 0 Å². The Morgan fingerprint density at radius 2 is 1.90 bits per heavy atom. The molecule has 0 saturated heterocycles. The lowest BCUT2D eigenvalue weighted by Gasteiger charge is -2.38. The Bertz CT molecular complexity index is 979. The summed E-state index contributed by atoms with van der Waals surface area (Å²) in [6.07, 6.45) is 1.64. The highest BCUT2D eigenvalue weighted by molar-refractivity contribution is 6.31. The summed E-state index contributed by atoms with van der Waals surface area (Å²) < 4.78 is 20.1. The van der Waals surface area contributed by atoms with Crippen LogP contribution in [0.15, 0.2) is 53.7 Å². The second kappa shape index (κ2) is 7.99. The summed E-state index contributed by atoms with van der Waals surface area (Å²) >= 11 is 6.28. The van der Waals surface area contributed by atoms with Gasteiger partial charge in [0.05, 0.1) is 6.61 Å². The molecule has 1 unspecified atom stereocenters. The third-order valence-corrected chi connectivity index (χ3v) is 5.76. The molecule has 2 aromatic carbocycles. The molecule has 0 fully saturated rings.